The summed E-state index contributed by atoms with van der Waals surface area (Å²) in [6.07, 6.45) is 0. The minimum absolute atomic E-state index is 0.0468. The van der Waals surface area contributed by atoms with Crippen molar-refractivity contribution >= 4 is 38.7 Å². The van der Waals surface area contributed by atoms with E-state index in [9.17, 15) is 13.2 Å². The van der Waals surface area contributed by atoms with Gasteiger partial charge in [0.15, 0.2) is 5.16 Å². The number of benzene rings is 1. The molecule has 27 heavy (non-hydrogen) atoms. The molecule has 1 amide bonds. The predicted octanol–water partition coefficient (Wildman–Crippen LogP) is 2.70. The largest absolute Gasteiger partial charge is 0.353 e. The molecule has 0 fully saturated rings. The van der Waals surface area contributed by atoms with Crippen molar-refractivity contribution in [2.24, 2.45) is 0 Å². The molecule has 0 atom stereocenters. The average molecular weight is 413 g/mol. The van der Waals surface area contributed by atoms with Gasteiger partial charge in [0.05, 0.1) is 21.7 Å². The lowest BCUT2D eigenvalue weighted by Gasteiger charge is -2.18. The van der Waals surface area contributed by atoms with E-state index in [0.717, 1.165) is 5.52 Å². The molecule has 0 radical (unpaired) electrons. The summed E-state index contributed by atoms with van der Waals surface area (Å²) in [6, 6.07) is 5.13. The van der Waals surface area contributed by atoms with Crippen molar-refractivity contribution in [1.29, 1.82) is 0 Å². The average Bonchev–Trinajstić information content (AvgIpc) is 2.96. The van der Waals surface area contributed by atoms with E-state index in [-0.39, 0.29) is 22.6 Å². The number of rotatable bonds is 9. The molecule has 1 aromatic carbocycles. The fraction of sp³-hybridized carbons (Fsp3) is 0.556. The highest BCUT2D eigenvalue weighted by Gasteiger charge is 2.23. The molecule has 0 aliphatic rings. The molecule has 0 unspecified atom stereocenters. The minimum Gasteiger partial charge on any atom is -0.353 e. The third kappa shape index (κ3) is 4.83. The van der Waals surface area contributed by atoms with Crippen LogP contribution in [0.5, 0.6) is 0 Å². The maximum Gasteiger partial charge on any atom is 0.243 e. The summed E-state index contributed by atoms with van der Waals surface area (Å²) in [5, 5.41) is 3.57. The van der Waals surface area contributed by atoms with Crippen LogP contribution in [0, 0.1) is 0 Å². The first-order chi connectivity index (χ1) is 12.7. The lowest BCUT2D eigenvalue weighted by Crippen LogP contribution is -2.31. The Balaban J connectivity index is 2.36. The molecule has 1 aromatic heterocycles. The van der Waals surface area contributed by atoms with Crippen LogP contribution in [0.25, 0.3) is 11.0 Å². The predicted molar refractivity (Wildman–Crippen MR) is 110 cm³/mol. The van der Waals surface area contributed by atoms with E-state index in [2.05, 4.69) is 10.3 Å². The highest BCUT2D eigenvalue weighted by Crippen LogP contribution is 2.27. The zero-order valence-corrected chi connectivity index (χ0v) is 18.2. The third-order valence-corrected chi connectivity index (χ3v) is 7.15. The van der Waals surface area contributed by atoms with E-state index in [1.165, 1.54) is 16.1 Å². The fourth-order valence-corrected chi connectivity index (χ4v) is 5.24. The van der Waals surface area contributed by atoms with Gasteiger partial charge in [-0.25, -0.2) is 13.4 Å². The normalized spacial score (nSPS) is 12.3. The Labute approximate surface area is 165 Å². The van der Waals surface area contributed by atoms with Crippen LogP contribution in [0.2, 0.25) is 0 Å². The van der Waals surface area contributed by atoms with Gasteiger partial charge in [-0.3, -0.25) is 4.79 Å². The second-order valence-electron chi connectivity index (χ2n) is 6.39. The van der Waals surface area contributed by atoms with Gasteiger partial charge in [-0.2, -0.15) is 4.31 Å². The lowest BCUT2D eigenvalue weighted by molar-refractivity contribution is -0.119. The van der Waals surface area contributed by atoms with Crippen molar-refractivity contribution in [3.8, 4) is 0 Å². The molecule has 0 spiro atoms. The van der Waals surface area contributed by atoms with Gasteiger partial charge in [0.1, 0.15) is 0 Å². The number of aryl methyl sites for hydroxylation is 1. The molecule has 9 heteroatoms. The van der Waals surface area contributed by atoms with Crippen LogP contribution in [-0.2, 0) is 21.4 Å². The van der Waals surface area contributed by atoms with Crippen LogP contribution < -0.4 is 5.32 Å². The maximum absolute atomic E-state index is 12.8. The molecular weight excluding hydrogens is 384 g/mol. The third-order valence-electron chi connectivity index (χ3n) is 4.13. The first kappa shape index (κ1) is 21.7. The first-order valence-electron chi connectivity index (χ1n) is 9.17. The molecule has 0 saturated heterocycles. The van der Waals surface area contributed by atoms with Gasteiger partial charge >= 0.3 is 0 Å². The van der Waals surface area contributed by atoms with Gasteiger partial charge in [0, 0.05) is 25.7 Å². The van der Waals surface area contributed by atoms with E-state index < -0.39 is 10.0 Å². The van der Waals surface area contributed by atoms with Crippen LogP contribution >= 0.6 is 11.8 Å². The number of imidazole rings is 1. The summed E-state index contributed by atoms with van der Waals surface area (Å²) in [5.41, 5.74) is 1.49. The van der Waals surface area contributed by atoms with Gasteiger partial charge in [0.25, 0.3) is 0 Å². The second kappa shape index (κ2) is 9.07. The smallest absolute Gasteiger partial charge is 0.243 e. The number of hydrogen-bond donors (Lipinski definition) is 1. The Bertz CT molecular complexity index is 903. The maximum atomic E-state index is 12.8. The molecule has 150 valence electrons. The van der Waals surface area contributed by atoms with Gasteiger partial charge in [-0.05, 0) is 39.0 Å². The molecule has 1 N–H and O–H groups in total. The Morgan fingerprint density at radius 1 is 1.26 bits per heavy atom. The summed E-state index contributed by atoms with van der Waals surface area (Å²) in [6.45, 7) is 11.0. The number of nitrogens with one attached hydrogen (secondary N) is 1. The Morgan fingerprint density at radius 3 is 2.48 bits per heavy atom. The van der Waals surface area contributed by atoms with Crippen molar-refractivity contribution in [3.05, 3.63) is 18.2 Å². The van der Waals surface area contributed by atoms with Crippen LogP contribution in [0.1, 0.15) is 34.6 Å². The minimum atomic E-state index is -3.53. The molecule has 0 aliphatic carbocycles. The van der Waals surface area contributed by atoms with Crippen molar-refractivity contribution in [2.75, 3.05) is 18.8 Å². The molecule has 1 heterocycles. The number of hydrogen-bond acceptors (Lipinski definition) is 5. The van der Waals surface area contributed by atoms with E-state index >= 15 is 0 Å². The Morgan fingerprint density at radius 2 is 1.93 bits per heavy atom. The number of carbonyl (C=O) groups is 1. The van der Waals surface area contributed by atoms with E-state index in [1.54, 1.807) is 18.2 Å². The van der Waals surface area contributed by atoms with E-state index in [0.29, 0.717) is 30.3 Å². The van der Waals surface area contributed by atoms with E-state index in [4.69, 9.17) is 0 Å². The number of fused-ring (bicyclic) bond motifs is 1. The monoisotopic (exact) mass is 412 g/mol. The van der Waals surface area contributed by atoms with E-state index in [1.807, 2.05) is 39.2 Å². The standard InChI is InChI=1S/C18H28N4O3S2/c1-6-21(7-2)27(24,25)14-9-10-16-15(11-14)20-18(22(16)8-3)26-12-17(23)19-13(4)5/h9-11,13H,6-8,12H2,1-5H3,(H,19,23). The summed E-state index contributed by atoms with van der Waals surface area (Å²) in [4.78, 5) is 16.7. The van der Waals surface area contributed by atoms with Gasteiger partial charge in [-0.15, -0.1) is 0 Å². The topological polar surface area (TPSA) is 84.3 Å². The lowest BCUT2D eigenvalue weighted by atomic mass is 10.3. The zero-order chi connectivity index (χ0) is 20.2. The van der Waals surface area contributed by atoms with Gasteiger partial charge in [0.2, 0.25) is 15.9 Å². The molecule has 0 aliphatic heterocycles. The highest BCUT2D eigenvalue weighted by atomic mass is 32.2. The van der Waals surface area contributed by atoms with Crippen molar-refractivity contribution < 1.29 is 13.2 Å². The van der Waals surface area contributed by atoms with Crippen molar-refractivity contribution in [3.63, 3.8) is 0 Å². The summed E-state index contributed by atoms with van der Waals surface area (Å²) < 4.78 is 28.9. The van der Waals surface area contributed by atoms with Crippen LogP contribution in [0.3, 0.4) is 0 Å². The van der Waals surface area contributed by atoms with Gasteiger partial charge in [-0.1, -0.05) is 25.6 Å². The second-order valence-corrected chi connectivity index (χ2v) is 9.27. The molecular formula is C18H28N4O3S2. The molecule has 0 saturated carbocycles. The SMILES string of the molecule is CCN(CC)S(=O)(=O)c1ccc2c(c1)nc(SCC(=O)NC(C)C)n2CC. The van der Waals surface area contributed by atoms with Crippen LogP contribution in [0.15, 0.2) is 28.3 Å². The molecule has 2 rings (SSSR count). The number of thioether (sulfide) groups is 1. The number of aromatic nitrogens is 2. The van der Waals surface area contributed by atoms with Gasteiger partial charge < -0.3 is 9.88 Å². The van der Waals surface area contributed by atoms with Crippen LogP contribution in [-0.4, -0.2) is 53.1 Å². The number of nitrogens with zero attached hydrogens (tertiary/aromatic N) is 3. The van der Waals surface area contributed by atoms with Crippen molar-refractivity contribution in [2.45, 2.75) is 57.3 Å². The number of carbonyl (C=O) groups excluding carboxylic acids is 1. The fourth-order valence-electron chi connectivity index (χ4n) is 2.87. The summed E-state index contributed by atoms with van der Waals surface area (Å²) in [5.74, 6) is 0.223. The summed E-state index contributed by atoms with van der Waals surface area (Å²) in [7, 11) is -3.53. The number of amides is 1. The Hall–Kier alpha value is -1.58. The van der Waals surface area contributed by atoms with Crippen molar-refractivity contribution in [1.82, 2.24) is 19.2 Å². The molecule has 2 aromatic rings. The summed E-state index contributed by atoms with van der Waals surface area (Å²) >= 11 is 1.36. The quantitative estimate of drug-likeness (QED) is 0.640. The molecule has 0 bridgehead atoms. The number of sulfonamides is 1. The van der Waals surface area contributed by atoms with Crippen LogP contribution in [0.4, 0.5) is 0 Å². The first-order valence-corrected chi connectivity index (χ1v) is 11.6. The molecule has 7 nitrogen and oxygen atoms in total. The Kier molecular flexibility index (Phi) is 7.30. The zero-order valence-electron chi connectivity index (χ0n) is 16.5. The highest BCUT2D eigenvalue weighted by molar-refractivity contribution is 7.99.